The molecule has 0 atom stereocenters. The molecule has 0 saturated heterocycles. The Kier molecular flexibility index (Phi) is 17.0. The molecule has 0 fully saturated rings. The molecule has 0 spiro atoms. The molecule has 0 aromatic heterocycles. The van der Waals surface area contributed by atoms with Crippen molar-refractivity contribution in [2.75, 3.05) is 13.2 Å². The van der Waals surface area contributed by atoms with E-state index in [4.69, 9.17) is 29.5 Å². The van der Waals surface area contributed by atoms with Crippen LogP contribution in [0.15, 0.2) is 12.7 Å². The van der Waals surface area contributed by atoms with Crippen LogP contribution in [-0.2, 0) is 9.36 Å². The van der Waals surface area contributed by atoms with Gasteiger partial charge in [0.25, 0.3) is 0 Å². The van der Waals surface area contributed by atoms with Gasteiger partial charge in [-0.2, -0.15) is 0 Å². The molecule has 0 saturated carbocycles. The molecule has 5 N–H and O–H groups in total. The lowest BCUT2D eigenvalue weighted by Crippen LogP contribution is -1.93. The number of hydrogen-bond acceptors (Lipinski definition) is 4. The van der Waals surface area contributed by atoms with Crippen LogP contribution >= 0.6 is 7.82 Å². The van der Waals surface area contributed by atoms with E-state index < -0.39 is 7.82 Å². The van der Waals surface area contributed by atoms with Crippen molar-refractivity contribution in [3.63, 3.8) is 0 Å². The van der Waals surface area contributed by atoms with Crippen molar-refractivity contribution in [1.82, 2.24) is 0 Å². The summed E-state index contributed by atoms with van der Waals surface area (Å²) >= 11 is 0. The molecule has 8 heteroatoms. The van der Waals surface area contributed by atoms with Crippen molar-refractivity contribution in [3.05, 3.63) is 12.7 Å². The Morgan fingerprint density at radius 1 is 1.36 bits per heavy atom. The molecule has 7 nitrogen and oxygen atoms in total. The summed E-state index contributed by atoms with van der Waals surface area (Å²) in [6.07, 6.45) is 1.43. The van der Waals surface area contributed by atoms with E-state index in [1.807, 2.05) is 0 Å². The molecule has 14 heavy (non-hydrogen) atoms. The molecular formula is C6H15O7P. The number of aliphatic hydroxyl groups is 2. The second-order valence-corrected chi connectivity index (χ2v) is 2.87. The zero-order valence-corrected chi connectivity index (χ0v) is 8.59. The third-order valence-electron chi connectivity index (χ3n) is 0.352. The second-order valence-electron chi connectivity index (χ2n) is 1.84. The Labute approximate surface area is 81.6 Å². The van der Waals surface area contributed by atoms with E-state index in [0.717, 1.165) is 0 Å². The topological polar surface area (TPSA) is 135 Å². The molecule has 0 aliphatic carbocycles. The predicted octanol–water partition coefficient (Wildman–Crippen LogP) is -1.20. The van der Waals surface area contributed by atoms with Gasteiger partial charge in [0, 0.05) is 0 Å². The van der Waals surface area contributed by atoms with E-state index in [9.17, 15) is 4.79 Å². The van der Waals surface area contributed by atoms with Gasteiger partial charge in [-0.1, -0.05) is 6.08 Å². The summed E-state index contributed by atoms with van der Waals surface area (Å²) < 4.78 is 8.88. The number of phosphoric acid groups is 1. The van der Waals surface area contributed by atoms with Crippen molar-refractivity contribution in [3.8, 4) is 0 Å². The highest BCUT2D eigenvalue weighted by Gasteiger charge is 2.00. The first-order chi connectivity index (χ1) is 6.18. The van der Waals surface area contributed by atoms with Crippen LogP contribution in [0.1, 0.15) is 6.92 Å². The smallest absolute Gasteiger partial charge is 0.392 e. The van der Waals surface area contributed by atoms with Crippen molar-refractivity contribution in [2.45, 2.75) is 6.92 Å². The SMILES string of the molecule is C=CCO.CC(=O)CO.O=P(O)(O)O. The Bertz CT molecular complexity index is 176. The maximum absolute atomic E-state index is 9.56. The Morgan fingerprint density at radius 3 is 1.50 bits per heavy atom. The minimum absolute atomic E-state index is 0.0833. The number of aliphatic hydroxyl groups excluding tert-OH is 2. The van der Waals surface area contributed by atoms with E-state index in [1.54, 1.807) is 0 Å². The normalized spacial score (nSPS) is 8.71. The minimum Gasteiger partial charge on any atom is -0.392 e. The maximum atomic E-state index is 9.56. The molecule has 0 aliphatic heterocycles. The fourth-order valence-corrected chi connectivity index (χ4v) is 0. The molecule has 0 rings (SSSR count). The van der Waals surface area contributed by atoms with Crippen LogP contribution < -0.4 is 0 Å². The molecular weight excluding hydrogens is 215 g/mol. The average Bonchev–Trinajstić information content (AvgIpc) is 2.02. The van der Waals surface area contributed by atoms with Crippen LogP contribution in [0.3, 0.4) is 0 Å². The standard InChI is InChI=1S/C3H6O2.C3H6O.H3O4P/c1-3(5)2-4;1-2-3-4;1-5(2,3)4/h4H,2H2,1H3;2,4H,1,3H2;(H3,1,2,3,4). The minimum atomic E-state index is -4.64. The molecule has 0 amide bonds. The van der Waals surface area contributed by atoms with Gasteiger partial charge in [-0.3, -0.25) is 4.79 Å². The van der Waals surface area contributed by atoms with Gasteiger partial charge in [-0.25, -0.2) is 4.57 Å². The third kappa shape index (κ3) is 209. The Morgan fingerprint density at radius 2 is 1.50 bits per heavy atom. The van der Waals surface area contributed by atoms with Gasteiger partial charge in [0.1, 0.15) is 6.61 Å². The Hall–Kier alpha value is -0.560. The summed E-state index contributed by atoms with van der Waals surface area (Å²) in [5.74, 6) is -0.190. The molecule has 0 radical (unpaired) electrons. The van der Waals surface area contributed by atoms with E-state index >= 15 is 0 Å². The van der Waals surface area contributed by atoms with Gasteiger partial charge < -0.3 is 24.9 Å². The molecule has 0 aromatic carbocycles. The summed E-state index contributed by atoms with van der Waals surface area (Å²) in [5.41, 5.74) is 0. The van der Waals surface area contributed by atoms with Crippen molar-refractivity contribution in [2.24, 2.45) is 0 Å². The first-order valence-corrected chi connectivity index (χ1v) is 4.85. The van der Waals surface area contributed by atoms with Crippen molar-refractivity contribution >= 4 is 13.6 Å². The second kappa shape index (κ2) is 12.4. The summed E-state index contributed by atoms with van der Waals surface area (Å²) in [4.78, 5) is 31.1. The van der Waals surface area contributed by atoms with Crippen LogP contribution in [0.5, 0.6) is 0 Å². The van der Waals surface area contributed by atoms with E-state index in [-0.39, 0.29) is 19.0 Å². The van der Waals surface area contributed by atoms with Gasteiger partial charge in [-0.05, 0) is 6.92 Å². The van der Waals surface area contributed by atoms with Crippen molar-refractivity contribution < 1.29 is 34.3 Å². The zero-order chi connectivity index (χ0) is 12.2. The monoisotopic (exact) mass is 230 g/mol. The van der Waals surface area contributed by atoms with Crippen LogP contribution in [0.2, 0.25) is 0 Å². The van der Waals surface area contributed by atoms with Gasteiger partial charge in [-0.15, -0.1) is 6.58 Å². The highest BCUT2D eigenvalue weighted by molar-refractivity contribution is 7.45. The fourth-order valence-electron chi connectivity index (χ4n) is 0. The number of carbonyl (C=O) groups excluding carboxylic acids is 1. The fraction of sp³-hybridized carbons (Fsp3) is 0.500. The highest BCUT2D eigenvalue weighted by Crippen LogP contribution is 2.25. The number of hydrogen-bond donors (Lipinski definition) is 5. The van der Waals surface area contributed by atoms with Crippen LogP contribution in [0, 0.1) is 0 Å². The summed E-state index contributed by atoms with van der Waals surface area (Å²) in [7, 11) is -4.64. The maximum Gasteiger partial charge on any atom is 0.466 e. The molecule has 0 heterocycles. The summed E-state index contributed by atoms with van der Waals surface area (Å²) in [5, 5.41) is 15.6. The van der Waals surface area contributed by atoms with Crippen LogP contribution in [0.25, 0.3) is 0 Å². The van der Waals surface area contributed by atoms with E-state index in [1.165, 1.54) is 13.0 Å². The van der Waals surface area contributed by atoms with Gasteiger partial charge >= 0.3 is 7.82 Å². The van der Waals surface area contributed by atoms with E-state index in [2.05, 4.69) is 6.58 Å². The molecule has 0 unspecified atom stereocenters. The van der Waals surface area contributed by atoms with Gasteiger partial charge in [0.05, 0.1) is 6.61 Å². The lowest BCUT2D eigenvalue weighted by atomic mass is 10.5. The van der Waals surface area contributed by atoms with Crippen molar-refractivity contribution in [1.29, 1.82) is 0 Å². The van der Waals surface area contributed by atoms with Crippen LogP contribution in [-0.4, -0.2) is 43.9 Å². The average molecular weight is 230 g/mol. The third-order valence-corrected chi connectivity index (χ3v) is 0.352. The zero-order valence-electron chi connectivity index (χ0n) is 7.70. The lowest BCUT2D eigenvalue weighted by molar-refractivity contribution is -0.119. The highest BCUT2D eigenvalue weighted by atomic mass is 31.2. The lowest BCUT2D eigenvalue weighted by Gasteiger charge is -1.82. The summed E-state index contributed by atoms with van der Waals surface area (Å²) in [6.45, 7) is 4.31. The number of ketones is 1. The molecule has 86 valence electrons. The largest absolute Gasteiger partial charge is 0.466 e. The summed E-state index contributed by atoms with van der Waals surface area (Å²) in [6, 6.07) is 0. The number of rotatable bonds is 2. The predicted molar refractivity (Wildman–Crippen MR) is 49.3 cm³/mol. The molecule has 0 bridgehead atoms. The van der Waals surface area contributed by atoms with E-state index in [0.29, 0.717) is 0 Å². The molecule has 0 aromatic rings. The molecule has 0 aliphatic rings. The first kappa shape index (κ1) is 19.1. The van der Waals surface area contributed by atoms with Gasteiger partial charge in [0.2, 0.25) is 0 Å². The van der Waals surface area contributed by atoms with Gasteiger partial charge in [0.15, 0.2) is 5.78 Å². The Balaban J connectivity index is -0.000000131. The number of carbonyl (C=O) groups is 1. The first-order valence-electron chi connectivity index (χ1n) is 3.29. The van der Waals surface area contributed by atoms with Crippen LogP contribution in [0.4, 0.5) is 0 Å². The quantitative estimate of drug-likeness (QED) is 0.297. The number of Topliss-reactive ketones (excluding diaryl/α,β-unsaturated/α-hetero) is 1.